The summed E-state index contributed by atoms with van der Waals surface area (Å²) < 4.78 is 14.1. The molecule has 0 bridgehead atoms. The maximum atomic E-state index is 12.7. The normalized spacial score (nSPS) is 18.7. The second-order valence-electron chi connectivity index (χ2n) is 9.86. The van der Waals surface area contributed by atoms with E-state index in [9.17, 15) is 4.79 Å². The molecule has 2 aliphatic rings. The Bertz CT molecular complexity index is 1210. The molecular weight excluding hydrogens is 451 g/mol. The zero-order valence-corrected chi connectivity index (χ0v) is 20.5. The summed E-state index contributed by atoms with van der Waals surface area (Å²) in [6.07, 6.45) is 2.02. The first-order valence-electron chi connectivity index (χ1n) is 11.5. The predicted molar refractivity (Wildman–Crippen MR) is 135 cm³/mol. The van der Waals surface area contributed by atoms with E-state index in [4.69, 9.17) is 20.9 Å². The highest BCUT2D eigenvalue weighted by Crippen LogP contribution is 2.37. The van der Waals surface area contributed by atoms with Crippen molar-refractivity contribution in [3.8, 4) is 5.69 Å². The minimum Gasteiger partial charge on any atom is -0.399 e. The standard InChI is InChI=1S/C25H28BClN4O3/c1-24(2)25(3,4)34-26(33-24)16-10-13-19(27)20(14-16)29-22-15-21(23(32)28-17-11-12-17)30-31(22)18-8-6-5-7-9-18/h5-10,13-15,17,29H,11-12H2,1-4H3,(H,28,32). The number of rotatable bonds is 6. The van der Waals surface area contributed by atoms with Crippen molar-refractivity contribution in [1.29, 1.82) is 0 Å². The van der Waals surface area contributed by atoms with Gasteiger partial charge in [-0.1, -0.05) is 35.9 Å². The van der Waals surface area contributed by atoms with Crippen molar-refractivity contribution in [2.45, 2.75) is 57.8 Å². The van der Waals surface area contributed by atoms with Crippen LogP contribution in [0.3, 0.4) is 0 Å². The van der Waals surface area contributed by atoms with E-state index in [0.29, 0.717) is 22.2 Å². The maximum Gasteiger partial charge on any atom is 0.494 e. The number of aromatic nitrogens is 2. The van der Waals surface area contributed by atoms with Crippen LogP contribution in [0.1, 0.15) is 51.0 Å². The van der Waals surface area contributed by atoms with Gasteiger partial charge in [0.2, 0.25) is 0 Å². The fourth-order valence-corrected chi connectivity index (χ4v) is 3.90. The van der Waals surface area contributed by atoms with Gasteiger partial charge in [0.1, 0.15) is 5.82 Å². The minimum absolute atomic E-state index is 0.183. The summed E-state index contributed by atoms with van der Waals surface area (Å²) in [7, 11) is -0.512. The van der Waals surface area contributed by atoms with Crippen LogP contribution in [-0.2, 0) is 9.31 Å². The average molecular weight is 479 g/mol. The Morgan fingerprint density at radius 1 is 1.06 bits per heavy atom. The molecule has 0 atom stereocenters. The quantitative estimate of drug-likeness (QED) is 0.512. The fraction of sp³-hybridized carbons (Fsp3) is 0.360. The Hall–Kier alpha value is -2.81. The molecule has 1 aromatic heterocycles. The van der Waals surface area contributed by atoms with Gasteiger partial charge in [-0.3, -0.25) is 4.79 Å². The van der Waals surface area contributed by atoms with Crippen LogP contribution < -0.4 is 16.1 Å². The number of para-hydroxylation sites is 1. The molecule has 2 fully saturated rings. The Kier molecular flexibility index (Phi) is 5.71. The number of carbonyl (C=O) groups is 1. The van der Waals surface area contributed by atoms with Gasteiger partial charge in [-0.25, -0.2) is 4.68 Å². The Morgan fingerprint density at radius 2 is 1.74 bits per heavy atom. The number of benzene rings is 2. The summed E-state index contributed by atoms with van der Waals surface area (Å²) in [4.78, 5) is 12.7. The lowest BCUT2D eigenvalue weighted by atomic mass is 9.79. The van der Waals surface area contributed by atoms with Gasteiger partial charge >= 0.3 is 7.12 Å². The number of carbonyl (C=O) groups excluding carboxylic acids is 1. The number of nitrogens with one attached hydrogen (secondary N) is 2. The highest BCUT2D eigenvalue weighted by Gasteiger charge is 2.51. The molecule has 34 heavy (non-hydrogen) atoms. The van der Waals surface area contributed by atoms with Crippen LogP contribution >= 0.6 is 11.6 Å². The SMILES string of the molecule is CC1(C)OB(c2ccc(Cl)c(Nc3cc(C(=O)NC4CC4)nn3-c3ccccc3)c2)OC1(C)C. The van der Waals surface area contributed by atoms with E-state index in [1.165, 1.54) is 0 Å². The van der Waals surface area contributed by atoms with Gasteiger partial charge < -0.3 is 19.9 Å². The van der Waals surface area contributed by atoms with Gasteiger partial charge in [-0.15, -0.1) is 0 Å². The molecule has 0 spiro atoms. The first-order chi connectivity index (χ1) is 16.1. The molecule has 176 valence electrons. The van der Waals surface area contributed by atoms with Gasteiger partial charge in [0, 0.05) is 12.1 Å². The van der Waals surface area contributed by atoms with Crippen LogP contribution in [0, 0.1) is 0 Å². The number of anilines is 2. The van der Waals surface area contributed by atoms with Crippen LogP contribution in [-0.4, -0.2) is 40.0 Å². The predicted octanol–water partition coefficient (Wildman–Crippen LogP) is 4.46. The minimum atomic E-state index is -0.512. The van der Waals surface area contributed by atoms with E-state index in [1.807, 2.05) is 76.2 Å². The lowest BCUT2D eigenvalue weighted by Gasteiger charge is -2.32. The molecule has 1 amide bonds. The Morgan fingerprint density at radius 3 is 2.38 bits per heavy atom. The van der Waals surface area contributed by atoms with E-state index < -0.39 is 18.3 Å². The third-order valence-electron chi connectivity index (χ3n) is 6.63. The summed E-state index contributed by atoms with van der Waals surface area (Å²) in [6, 6.07) is 17.3. The summed E-state index contributed by atoms with van der Waals surface area (Å²) in [5.74, 6) is 0.442. The molecule has 0 radical (unpaired) electrons. The zero-order chi connectivity index (χ0) is 24.1. The molecule has 1 saturated carbocycles. The molecule has 0 unspecified atom stereocenters. The first-order valence-corrected chi connectivity index (χ1v) is 11.9. The second-order valence-corrected chi connectivity index (χ2v) is 10.3. The van der Waals surface area contributed by atoms with E-state index in [1.54, 1.807) is 10.7 Å². The molecule has 9 heteroatoms. The maximum absolute atomic E-state index is 12.7. The topological polar surface area (TPSA) is 77.4 Å². The third kappa shape index (κ3) is 4.45. The monoisotopic (exact) mass is 478 g/mol. The summed E-state index contributed by atoms with van der Waals surface area (Å²) in [6.45, 7) is 8.09. The van der Waals surface area contributed by atoms with Crippen molar-refractivity contribution >= 4 is 41.6 Å². The van der Waals surface area contributed by atoms with Gasteiger partial charge in [0.15, 0.2) is 5.69 Å². The Labute approximate surface area is 204 Å². The van der Waals surface area contributed by atoms with Crippen LogP contribution in [0.4, 0.5) is 11.5 Å². The van der Waals surface area contributed by atoms with Crippen molar-refractivity contribution < 1.29 is 14.1 Å². The third-order valence-corrected chi connectivity index (χ3v) is 6.96. The van der Waals surface area contributed by atoms with E-state index in [0.717, 1.165) is 24.0 Å². The van der Waals surface area contributed by atoms with Crippen LogP contribution in [0.25, 0.3) is 5.69 Å². The van der Waals surface area contributed by atoms with E-state index in [-0.39, 0.29) is 11.9 Å². The van der Waals surface area contributed by atoms with Crippen molar-refractivity contribution in [2.75, 3.05) is 5.32 Å². The highest BCUT2D eigenvalue weighted by atomic mass is 35.5. The zero-order valence-electron chi connectivity index (χ0n) is 19.8. The molecule has 2 aromatic carbocycles. The van der Waals surface area contributed by atoms with Gasteiger partial charge in [0.05, 0.1) is 27.6 Å². The number of amides is 1. The second kappa shape index (κ2) is 8.45. The van der Waals surface area contributed by atoms with Crippen molar-refractivity contribution in [1.82, 2.24) is 15.1 Å². The van der Waals surface area contributed by atoms with Crippen molar-refractivity contribution in [3.05, 3.63) is 65.3 Å². The lowest BCUT2D eigenvalue weighted by molar-refractivity contribution is 0.00578. The largest absolute Gasteiger partial charge is 0.494 e. The Balaban J connectivity index is 1.47. The van der Waals surface area contributed by atoms with Crippen LogP contribution in [0.2, 0.25) is 5.02 Å². The smallest absolute Gasteiger partial charge is 0.399 e. The van der Waals surface area contributed by atoms with E-state index in [2.05, 4.69) is 15.7 Å². The number of hydrogen-bond acceptors (Lipinski definition) is 5. The summed E-state index contributed by atoms with van der Waals surface area (Å²) in [5.41, 5.74) is 1.80. The molecule has 1 aliphatic heterocycles. The highest BCUT2D eigenvalue weighted by molar-refractivity contribution is 6.62. The number of hydrogen-bond donors (Lipinski definition) is 2. The van der Waals surface area contributed by atoms with Crippen molar-refractivity contribution in [3.63, 3.8) is 0 Å². The molecule has 1 aliphatic carbocycles. The average Bonchev–Trinajstić information content (AvgIpc) is 3.45. The van der Waals surface area contributed by atoms with Crippen LogP contribution in [0.15, 0.2) is 54.6 Å². The van der Waals surface area contributed by atoms with Crippen molar-refractivity contribution in [2.24, 2.45) is 0 Å². The molecular formula is C25H28BClN4O3. The number of halogens is 1. The summed E-state index contributed by atoms with van der Waals surface area (Å²) in [5, 5.41) is 11.5. The summed E-state index contributed by atoms with van der Waals surface area (Å²) >= 11 is 6.56. The van der Waals surface area contributed by atoms with Gasteiger partial charge in [-0.2, -0.15) is 5.10 Å². The fourth-order valence-electron chi connectivity index (χ4n) is 3.74. The molecule has 7 nitrogen and oxygen atoms in total. The van der Waals surface area contributed by atoms with Crippen LogP contribution in [0.5, 0.6) is 0 Å². The molecule has 2 N–H and O–H groups in total. The number of nitrogens with zero attached hydrogens (tertiary/aromatic N) is 2. The molecule has 5 rings (SSSR count). The first kappa shape index (κ1) is 23.0. The molecule has 3 aromatic rings. The lowest BCUT2D eigenvalue weighted by Crippen LogP contribution is -2.41. The van der Waals surface area contributed by atoms with Gasteiger partial charge in [-0.05, 0) is 70.3 Å². The van der Waals surface area contributed by atoms with E-state index >= 15 is 0 Å². The molecule has 2 heterocycles. The molecule has 1 saturated heterocycles. The van der Waals surface area contributed by atoms with Gasteiger partial charge in [0.25, 0.3) is 5.91 Å².